The number of carbonyl (C=O) groups is 1. The van der Waals surface area contributed by atoms with E-state index < -0.39 is 23.4 Å². The molecular formula is C13H7BrF3NO. The summed E-state index contributed by atoms with van der Waals surface area (Å²) in [6, 6.07) is 6.59. The molecule has 1 amide bonds. The first-order chi connectivity index (χ1) is 8.97. The van der Waals surface area contributed by atoms with Gasteiger partial charge in [-0.25, -0.2) is 13.2 Å². The van der Waals surface area contributed by atoms with E-state index in [0.717, 1.165) is 18.2 Å². The van der Waals surface area contributed by atoms with E-state index in [9.17, 15) is 18.0 Å². The summed E-state index contributed by atoms with van der Waals surface area (Å²) in [6.45, 7) is 0. The molecule has 2 aromatic rings. The highest BCUT2D eigenvalue weighted by Crippen LogP contribution is 2.21. The van der Waals surface area contributed by atoms with Gasteiger partial charge < -0.3 is 5.32 Å². The van der Waals surface area contributed by atoms with Crippen molar-refractivity contribution in [1.29, 1.82) is 0 Å². The maximum atomic E-state index is 13.5. The van der Waals surface area contributed by atoms with Crippen molar-refractivity contribution in [1.82, 2.24) is 0 Å². The summed E-state index contributed by atoms with van der Waals surface area (Å²) in [5, 5.41) is 2.23. The van der Waals surface area contributed by atoms with Gasteiger partial charge in [0.1, 0.15) is 17.5 Å². The summed E-state index contributed by atoms with van der Waals surface area (Å²) in [6.07, 6.45) is 0. The van der Waals surface area contributed by atoms with Crippen molar-refractivity contribution in [2.45, 2.75) is 0 Å². The molecule has 2 nitrogen and oxygen atoms in total. The predicted octanol–water partition coefficient (Wildman–Crippen LogP) is 4.12. The van der Waals surface area contributed by atoms with Gasteiger partial charge in [-0.15, -0.1) is 0 Å². The van der Waals surface area contributed by atoms with Crippen molar-refractivity contribution in [3.63, 3.8) is 0 Å². The summed E-state index contributed by atoms with van der Waals surface area (Å²) >= 11 is 3.04. The van der Waals surface area contributed by atoms with Crippen LogP contribution in [-0.4, -0.2) is 5.91 Å². The maximum Gasteiger partial charge on any atom is 0.259 e. The lowest BCUT2D eigenvalue weighted by atomic mass is 10.2. The lowest BCUT2D eigenvalue weighted by Gasteiger charge is -2.08. The van der Waals surface area contributed by atoms with E-state index in [1.165, 1.54) is 12.1 Å². The molecule has 0 aliphatic carbocycles. The van der Waals surface area contributed by atoms with Crippen LogP contribution in [0.5, 0.6) is 0 Å². The van der Waals surface area contributed by atoms with Gasteiger partial charge in [0.25, 0.3) is 5.91 Å². The normalized spacial score (nSPS) is 10.3. The number of anilines is 1. The smallest absolute Gasteiger partial charge is 0.259 e. The van der Waals surface area contributed by atoms with Gasteiger partial charge in [-0.2, -0.15) is 0 Å². The van der Waals surface area contributed by atoms with Crippen molar-refractivity contribution in [2.75, 3.05) is 5.32 Å². The van der Waals surface area contributed by atoms with E-state index in [-0.39, 0.29) is 15.7 Å². The molecule has 2 aromatic carbocycles. The fourth-order valence-corrected chi connectivity index (χ4v) is 2.06. The molecule has 0 heterocycles. The van der Waals surface area contributed by atoms with Crippen molar-refractivity contribution < 1.29 is 18.0 Å². The molecule has 0 aliphatic rings. The van der Waals surface area contributed by atoms with Gasteiger partial charge in [-0.1, -0.05) is 6.07 Å². The quantitative estimate of drug-likeness (QED) is 0.882. The zero-order chi connectivity index (χ0) is 14.0. The average molecular weight is 330 g/mol. The van der Waals surface area contributed by atoms with E-state index in [0.29, 0.717) is 6.07 Å². The number of halogens is 4. The minimum Gasteiger partial charge on any atom is -0.322 e. The molecule has 1 N–H and O–H groups in total. The van der Waals surface area contributed by atoms with Gasteiger partial charge >= 0.3 is 0 Å². The SMILES string of the molecule is O=C(Nc1cc(F)cc(F)c1)c1c(F)cccc1Br. The first kappa shape index (κ1) is 13.6. The Labute approximate surface area is 115 Å². The number of hydrogen-bond donors (Lipinski definition) is 1. The van der Waals surface area contributed by atoms with E-state index >= 15 is 0 Å². The van der Waals surface area contributed by atoms with Gasteiger partial charge in [0.05, 0.1) is 5.56 Å². The van der Waals surface area contributed by atoms with Gasteiger partial charge in [0.2, 0.25) is 0 Å². The van der Waals surface area contributed by atoms with Crippen LogP contribution in [0.4, 0.5) is 18.9 Å². The summed E-state index contributed by atoms with van der Waals surface area (Å²) in [7, 11) is 0. The zero-order valence-corrected chi connectivity index (χ0v) is 11.0. The van der Waals surface area contributed by atoms with Crippen LogP contribution in [0.2, 0.25) is 0 Å². The van der Waals surface area contributed by atoms with Crippen LogP contribution < -0.4 is 5.32 Å². The van der Waals surface area contributed by atoms with Crippen LogP contribution in [0.15, 0.2) is 40.9 Å². The fourth-order valence-electron chi connectivity index (χ4n) is 1.53. The monoisotopic (exact) mass is 329 g/mol. The largest absolute Gasteiger partial charge is 0.322 e. The third kappa shape index (κ3) is 3.14. The first-order valence-electron chi connectivity index (χ1n) is 5.19. The Morgan fingerprint density at radius 2 is 1.68 bits per heavy atom. The molecule has 0 radical (unpaired) electrons. The number of nitrogens with one attached hydrogen (secondary N) is 1. The van der Waals surface area contributed by atoms with Gasteiger partial charge in [-0.3, -0.25) is 4.79 Å². The molecule has 0 bridgehead atoms. The molecule has 0 saturated carbocycles. The van der Waals surface area contributed by atoms with Gasteiger partial charge in [-0.05, 0) is 40.2 Å². The van der Waals surface area contributed by atoms with Crippen molar-refractivity contribution >= 4 is 27.5 Å². The zero-order valence-electron chi connectivity index (χ0n) is 9.38. The highest BCUT2D eigenvalue weighted by molar-refractivity contribution is 9.10. The predicted molar refractivity (Wildman–Crippen MR) is 68.4 cm³/mol. The first-order valence-corrected chi connectivity index (χ1v) is 5.98. The number of hydrogen-bond acceptors (Lipinski definition) is 1. The van der Waals surface area contributed by atoms with Crippen LogP contribution in [0, 0.1) is 17.5 Å². The molecule has 0 unspecified atom stereocenters. The molecule has 0 aliphatic heterocycles. The second-order valence-electron chi connectivity index (χ2n) is 3.71. The van der Waals surface area contributed by atoms with Crippen LogP contribution in [-0.2, 0) is 0 Å². The molecule has 98 valence electrons. The molecule has 6 heteroatoms. The van der Waals surface area contributed by atoms with Crippen molar-refractivity contribution in [3.05, 3.63) is 63.9 Å². The Bertz CT molecular complexity index is 605. The Balaban J connectivity index is 2.31. The summed E-state index contributed by atoms with van der Waals surface area (Å²) in [4.78, 5) is 11.9. The van der Waals surface area contributed by atoms with Crippen LogP contribution in [0.3, 0.4) is 0 Å². The van der Waals surface area contributed by atoms with E-state index in [4.69, 9.17) is 0 Å². The second-order valence-corrected chi connectivity index (χ2v) is 4.56. The second kappa shape index (κ2) is 5.44. The van der Waals surface area contributed by atoms with Gasteiger partial charge in [0.15, 0.2) is 0 Å². The van der Waals surface area contributed by atoms with Crippen LogP contribution in [0.25, 0.3) is 0 Å². The Hall–Kier alpha value is -1.82. The number of benzene rings is 2. The summed E-state index contributed by atoms with van der Waals surface area (Å²) in [5.41, 5.74) is -0.315. The number of amides is 1. The fraction of sp³-hybridized carbons (Fsp3) is 0. The lowest BCUT2D eigenvalue weighted by molar-refractivity contribution is 0.102. The summed E-state index contributed by atoms with van der Waals surface area (Å²) in [5.74, 6) is -3.19. The third-order valence-corrected chi connectivity index (χ3v) is 2.97. The van der Waals surface area contributed by atoms with Crippen LogP contribution >= 0.6 is 15.9 Å². The topological polar surface area (TPSA) is 29.1 Å². The Kier molecular flexibility index (Phi) is 3.90. The maximum absolute atomic E-state index is 13.5. The van der Waals surface area contributed by atoms with E-state index in [1.54, 1.807) is 0 Å². The van der Waals surface area contributed by atoms with Crippen molar-refractivity contribution in [2.24, 2.45) is 0 Å². The molecule has 2 rings (SSSR count). The minimum absolute atomic E-state index is 0.0855. The van der Waals surface area contributed by atoms with E-state index in [2.05, 4.69) is 21.2 Å². The highest BCUT2D eigenvalue weighted by atomic mass is 79.9. The molecule has 0 aromatic heterocycles. The minimum atomic E-state index is -0.831. The lowest BCUT2D eigenvalue weighted by Crippen LogP contribution is -2.14. The highest BCUT2D eigenvalue weighted by Gasteiger charge is 2.16. The van der Waals surface area contributed by atoms with E-state index in [1.807, 2.05) is 0 Å². The standard InChI is InChI=1S/C13H7BrF3NO/c14-10-2-1-3-11(17)12(10)13(19)18-9-5-7(15)4-8(16)6-9/h1-6H,(H,18,19). The average Bonchev–Trinajstić information content (AvgIpc) is 2.26. The number of carbonyl (C=O) groups excluding carboxylic acids is 1. The summed E-state index contributed by atoms with van der Waals surface area (Å²) < 4.78 is 39.7. The molecule has 0 fully saturated rings. The Morgan fingerprint density at radius 3 is 2.26 bits per heavy atom. The molecule has 0 atom stereocenters. The van der Waals surface area contributed by atoms with Crippen molar-refractivity contribution in [3.8, 4) is 0 Å². The molecule has 19 heavy (non-hydrogen) atoms. The third-order valence-electron chi connectivity index (χ3n) is 2.31. The Morgan fingerprint density at radius 1 is 1.05 bits per heavy atom. The van der Waals surface area contributed by atoms with Crippen LogP contribution in [0.1, 0.15) is 10.4 Å². The molecular weight excluding hydrogens is 323 g/mol. The molecule has 0 saturated heterocycles. The molecule has 0 spiro atoms. The van der Waals surface area contributed by atoms with Gasteiger partial charge in [0, 0.05) is 16.2 Å². The number of rotatable bonds is 2.